The van der Waals surface area contributed by atoms with E-state index in [9.17, 15) is 0 Å². The summed E-state index contributed by atoms with van der Waals surface area (Å²) in [7, 11) is 0. The van der Waals surface area contributed by atoms with Crippen molar-refractivity contribution < 1.29 is 0 Å². The molecule has 2 N–H and O–H groups in total. The molecule has 0 bridgehead atoms. The molecule has 0 saturated carbocycles. The molecule has 0 saturated heterocycles. The van der Waals surface area contributed by atoms with Gasteiger partial charge in [0.25, 0.3) is 0 Å². The third-order valence-electron chi connectivity index (χ3n) is 3.46. The number of nitrogens with two attached hydrogens (primary N) is 1. The van der Waals surface area contributed by atoms with E-state index in [1.807, 2.05) is 10.7 Å². The summed E-state index contributed by atoms with van der Waals surface area (Å²) in [5, 5.41) is 4.62. The normalized spacial score (nSPS) is 12.0. The quantitative estimate of drug-likeness (QED) is 0.703. The van der Waals surface area contributed by atoms with Crippen LogP contribution in [0.3, 0.4) is 0 Å². The van der Waals surface area contributed by atoms with Gasteiger partial charge in [0.2, 0.25) is 0 Å². The lowest BCUT2D eigenvalue weighted by atomic mass is 10.1. The molecule has 0 spiro atoms. The van der Waals surface area contributed by atoms with E-state index in [0.29, 0.717) is 0 Å². The van der Waals surface area contributed by atoms with E-state index < -0.39 is 0 Å². The number of nitrogen functional groups attached to an aromatic ring is 1. The van der Waals surface area contributed by atoms with Gasteiger partial charge >= 0.3 is 0 Å². The zero-order chi connectivity index (χ0) is 14.3. The lowest BCUT2D eigenvalue weighted by Crippen LogP contribution is -2.24. The van der Waals surface area contributed by atoms with Crippen molar-refractivity contribution >= 4 is 5.82 Å². The van der Waals surface area contributed by atoms with Gasteiger partial charge in [0.05, 0.1) is 11.2 Å². The van der Waals surface area contributed by atoms with E-state index in [0.717, 1.165) is 17.9 Å². The van der Waals surface area contributed by atoms with E-state index in [1.165, 1.54) is 44.9 Å². The number of rotatable bonds is 8. The highest BCUT2D eigenvalue weighted by molar-refractivity contribution is 5.32. The van der Waals surface area contributed by atoms with E-state index >= 15 is 0 Å². The first kappa shape index (κ1) is 16.1. The number of aromatic nitrogens is 2. The average Bonchev–Trinajstić information content (AvgIpc) is 2.69. The summed E-state index contributed by atoms with van der Waals surface area (Å²) in [6.07, 6.45) is 10.4. The van der Waals surface area contributed by atoms with Gasteiger partial charge in [-0.2, -0.15) is 5.10 Å². The van der Waals surface area contributed by atoms with Gasteiger partial charge in [0.15, 0.2) is 0 Å². The van der Waals surface area contributed by atoms with Crippen LogP contribution in [0.2, 0.25) is 0 Å². The van der Waals surface area contributed by atoms with Gasteiger partial charge in [-0.15, -0.1) is 0 Å². The van der Waals surface area contributed by atoms with Gasteiger partial charge in [-0.05, 0) is 33.6 Å². The van der Waals surface area contributed by atoms with Crippen molar-refractivity contribution in [2.24, 2.45) is 0 Å². The minimum absolute atomic E-state index is 0.0253. The second-order valence-corrected chi connectivity index (χ2v) is 6.51. The van der Waals surface area contributed by atoms with Crippen molar-refractivity contribution in [1.82, 2.24) is 9.78 Å². The molecular weight excluding hydrogens is 234 g/mol. The molecule has 3 nitrogen and oxygen atoms in total. The van der Waals surface area contributed by atoms with Crippen LogP contribution >= 0.6 is 0 Å². The smallest absolute Gasteiger partial charge is 0.122 e. The molecule has 3 heteroatoms. The molecule has 0 radical (unpaired) electrons. The Bertz CT molecular complexity index is 361. The van der Waals surface area contributed by atoms with Crippen molar-refractivity contribution in [3.05, 3.63) is 11.8 Å². The second-order valence-electron chi connectivity index (χ2n) is 6.51. The number of hydrogen-bond donors (Lipinski definition) is 1. The molecule has 1 heterocycles. The van der Waals surface area contributed by atoms with Gasteiger partial charge in [-0.3, -0.25) is 0 Å². The maximum atomic E-state index is 6.01. The number of aryl methyl sites for hydroxylation is 1. The Labute approximate surface area is 118 Å². The Kier molecular flexibility index (Phi) is 6.40. The fraction of sp³-hybridized carbons (Fsp3) is 0.812. The highest BCUT2D eigenvalue weighted by Gasteiger charge is 2.17. The van der Waals surface area contributed by atoms with Crippen LogP contribution in [0.5, 0.6) is 0 Å². The molecule has 1 rings (SSSR count). The summed E-state index contributed by atoms with van der Waals surface area (Å²) >= 11 is 0. The van der Waals surface area contributed by atoms with Crippen molar-refractivity contribution in [2.75, 3.05) is 5.73 Å². The van der Waals surface area contributed by atoms with Crippen LogP contribution in [0, 0.1) is 0 Å². The van der Waals surface area contributed by atoms with Crippen molar-refractivity contribution in [3.8, 4) is 0 Å². The molecular formula is C16H31N3. The Morgan fingerprint density at radius 3 is 2.16 bits per heavy atom. The zero-order valence-electron chi connectivity index (χ0n) is 13.2. The first-order valence-corrected chi connectivity index (χ1v) is 7.80. The Balaban J connectivity index is 2.27. The summed E-state index contributed by atoms with van der Waals surface area (Å²) in [6.45, 7) is 8.66. The highest BCUT2D eigenvalue weighted by Crippen LogP contribution is 2.20. The largest absolute Gasteiger partial charge is 0.384 e. The highest BCUT2D eigenvalue weighted by atomic mass is 15.3. The topological polar surface area (TPSA) is 43.8 Å². The first-order chi connectivity index (χ1) is 8.95. The summed E-state index contributed by atoms with van der Waals surface area (Å²) in [6, 6.07) is 2.03. The van der Waals surface area contributed by atoms with E-state index in [4.69, 9.17) is 5.73 Å². The lowest BCUT2D eigenvalue weighted by Gasteiger charge is -2.20. The minimum atomic E-state index is -0.0253. The molecule has 0 fully saturated rings. The molecule has 110 valence electrons. The Morgan fingerprint density at radius 1 is 1.05 bits per heavy atom. The molecule has 0 aliphatic heterocycles. The minimum Gasteiger partial charge on any atom is -0.384 e. The van der Waals surface area contributed by atoms with Gasteiger partial charge in [-0.25, -0.2) is 4.68 Å². The standard InChI is InChI=1S/C16H31N3/c1-5-6-7-8-9-10-11-12-14-13-15(17)19(18-14)16(2,3)4/h13H,5-12,17H2,1-4H3. The SMILES string of the molecule is CCCCCCCCCc1cc(N)n(C(C)(C)C)n1. The van der Waals surface area contributed by atoms with Crippen LogP contribution < -0.4 is 5.73 Å². The van der Waals surface area contributed by atoms with Crippen LogP contribution in [-0.2, 0) is 12.0 Å². The van der Waals surface area contributed by atoms with Gasteiger partial charge in [0, 0.05) is 6.07 Å². The van der Waals surface area contributed by atoms with Gasteiger partial charge < -0.3 is 5.73 Å². The second kappa shape index (κ2) is 7.56. The molecule has 0 atom stereocenters. The first-order valence-electron chi connectivity index (χ1n) is 7.80. The molecule has 0 unspecified atom stereocenters. The summed E-state index contributed by atoms with van der Waals surface area (Å²) in [4.78, 5) is 0. The van der Waals surface area contributed by atoms with E-state index in [-0.39, 0.29) is 5.54 Å². The predicted molar refractivity (Wildman–Crippen MR) is 83.3 cm³/mol. The molecule has 1 aromatic heterocycles. The summed E-state index contributed by atoms with van der Waals surface area (Å²) in [5.41, 5.74) is 7.13. The molecule has 0 amide bonds. The Morgan fingerprint density at radius 2 is 1.63 bits per heavy atom. The molecule has 0 aliphatic rings. The van der Waals surface area contributed by atoms with Crippen LogP contribution in [-0.4, -0.2) is 9.78 Å². The molecule has 19 heavy (non-hydrogen) atoms. The lowest BCUT2D eigenvalue weighted by molar-refractivity contribution is 0.359. The van der Waals surface area contributed by atoms with Crippen molar-refractivity contribution in [1.29, 1.82) is 0 Å². The number of nitrogens with zero attached hydrogens (tertiary/aromatic N) is 2. The van der Waals surface area contributed by atoms with Crippen LogP contribution in [0.1, 0.15) is 78.3 Å². The number of anilines is 1. The van der Waals surface area contributed by atoms with Crippen LogP contribution in [0.15, 0.2) is 6.07 Å². The Hall–Kier alpha value is -0.990. The van der Waals surface area contributed by atoms with Crippen molar-refractivity contribution in [2.45, 2.75) is 84.6 Å². The molecule has 0 aliphatic carbocycles. The summed E-state index contributed by atoms with van der Waals surface area (Å²) < 4.78 is 1.93. The zero-order valence-corrected chi connectivity index (χ0v) is 13.2. The number of unbranched alkanes of at least 4 members (excludes halogenated alkanes) is 6. The predicted octanol–water partition coefficient (Wildman–Crippen LogP) is 4.51. The van der Waals surface area contributed by atoms with Crippen LogP contribution in [0.25, 0.3) is 0 Å². The fourth-order valence-electron chi connectivity index (χ4n) is 2.37. The van der Waals surface area contributed by atoms with E-state index in [1.54, 1.807) is 0 Å². The van der Waals surface area contributed by atoms with Gasteiger partial charge in [0.1, 0.15) is 5.82 Å². The average molecular weight is 265 g/mol. The fourth-order valence-corrected chi connectivity index (χ4v) is 2.37. The molecule has 0 aromatic carbocycles. The maximum absolute atomic E-state index is 6.01. The van der Waals surface area contributed by atoms with Gasteiger partial charge in [-0.1, -0.05) is 45.4 Å². The molecule has 1 aromatic rings. The third kappa shape index (κ3) is 5.66. The summed E-state index contributed by atoms with van der Waals surface area (Å²) in [5.74, 6) is 0.783. The van der Waals surface area contributed by atoms with E-state index in [2.05, 4.69) is 32.8 Å². The maximum Gasteiger partial charge on any atom is 0.122 e. The number of hydrogen-bond acceptors (Lipinski definition) is 2. The van der Waals surface area contributed by atoms with Crippen LogP contribution in [0.4, 0.5) is 5.82 Å². The van der Waals surface area contributed by atoms with Crippen molar-refractivity contribution in [3.63, 3.8) is 0 Å². The monoisotopic (exact) mass is 265 g/mol. The third-order valence-corrected chi connectivity index (χ3v) is 3.46.